The summed E-state index contributed by atoms with van der Waals surface area (Å²) in [6.45, 7) is 0. The van der Waals surface area contributed by atoms with Crippen LogP contribution in [-0.4, -0.2) is 20.4 Å². The molecule has 3 aromatic carbocycles. The molecule has 5 aromatic rings. The number of benzene rings is 3. The second kappa shape index (κ2) is 7.71. The molecule has 168 valence electrons. The van der Waals surface area contributed by atoms with Crippen molar-refractivity contribution in [3.05, 3.63) is 102 Å². The number of furan rings is 1. The molecule has 1 fully saturated rings. The molecule has 0 spiro atoms. The highest BCUT2D eigenvalue weighted by atomic mass is 16.5. The van der Waals surface area contributed by atoms with Gasteiger partial charge < -0.3 is 19.8 Å². The molecule has 0 aliphatic heterocycles. The van der Waals surface area contributed by atoms with E-state index in [0.717, 1.165) is 46.3 Å². The van der Waals surface area contributed by atoms with E-state index in [9.17, 15) is 5.11 Å². The van der Waals surface area contributed by atoms with Crippen molar-refractivity contribution in [3.8, 4) is 17.2 Å². The molecule has 34 heavy (non-hydrogen) atoms. The summed E-state index contributed by atoms with van der Waals surface area (Å²) < 4.78 is 7.57. The minimum absolute atomic E-state index is 0.147. The van der Waals surface area contributed by atoms with Gasteiger partial charge in [0.2, 0.25) is 0 Å². The number of aliphatic imine (C=N–C) groups is 1. The van der Waals surface area contributed by atoms with Crippen molar-refractivity contribution in [3.63, 3.8) is 0 Å². The maximum atomic E-state index is 10.8. The van der Waals surface area contributed by atoms with Crippen LogP contribution in [0.3, 0.4) is 0 Å². The lowest BCUT2D eigenvalue weighted by Gasteiger charge is -2.12. The number of aryl methyl sites for hydroxylation is 1. The molecular weight excluding hydrogens is 424 g/mol. The van der Waals surface area contributed by atoms with Crippen LogP contribution in [0.4, 0.5) is 5.69 Å². The van der Waals surface area contributed by atoms with Gasteiger partial charge in [-0.05, 0) is 36.6 Å². The zero-order chi connectivity index (χ0) is 23.3. The molecule has 1 aliphatic rings. The van der Waals surface area contributed by atoms with E-state index in [1.807, 2.05) is 78.5 Å². The molecule has 0 radical (unpaired) electrons. The van der Waals surface area contributed by atoms with Crippen LogP contribution in [0.15, 0.2) is 94.7 Å². The third kappa shape index (κ3) is 3.58. The zero-order valence-electron chi connectivity index (χ0n) is 18.8. The molecule has 0 amide bonds. The Hall–Kier alpha value is -4.16. The Morgan fingerprint density at radius 1 is 1.03 bits per heavy atom. The van der Waals surface area contributed by atoms with E-state index in [-0.39, 0.29) is 11.5 Å². The third-order valence-corrected chi connectivity index (χ3v) is 6.44. The average molecular weight is 449 g/mol. The number of fused-ring (bicyclic) bond motifs is 1. The molecule has 0 atom stereocenters. The van der Waals surface area contributed by atoms with Crippen molar-refractivity contribution in [2.45, 2.75) is 18.4 Å². The summed E-state index contributed by atoms with van der Waals surface area (Å²) in [6, 6.07) is 23.6. The average Bonchev–Trinajstić information content (AvgIpc) is 3.31. The molecule has 6 nitrogen and oxygen atoms in total. The van der Waals surface area contributed by atoms with Gasteiger partial charge in [-0.2, -0.15) is 0 Å². The summed E-state index contributed by atoms with van der Waals surface area (Å²) >= 11 is 0. The Labute approximate surface area is 197 Å². The molecule has 1 saturated carbocycles. The molecule has 0 unspecified atom stereocenters. The predicted molar refractivity (Wildman–Crippen MR) is 133 cm³/mol. The van der Waals surface area contributed by atoms with E-state index < -0.39 is 0 Å². The molecule has 0 bridgehead atoms. The predicted octanol–water partition coefficient (Wildman–Crippen LogP) is 5.66. The monoisotopic (exact) mass is 448 g/mol. The smallest absolute Gasteiger partial charge is 0.292 e. The summed E-state index contributed by atoms with van der Waals surface area (Å²) in [5, 5.41) is 11.6. The fraction of sp³-hybridized carbons (Fsp3) is 0.143. The van der Waals surface area contributed by atoms with Gasteiger partial charge in [0.1, 0.15) is 5.58 Å². The quantitative estimate of drug-likeness (QED) is 0.340. The first-order valence-corrected chi connectivity index (χ1v) is 11.3. The standard InChI is InChI=1S/C28H24N4O2/c1-32-16-23(30-17-32)18-8-12-21(13-9-18)31-26(19-6-10-20(11-7-19)28(29)14-15-28)25-22-4-2-3-5-24(22)34-27(25)33/h2-13,16-17,33H,14-15,29H2,1H3. The van der Waals surface area contributed by atoms with Crippen LogP contribution in [0.1, 0.15) is 29.5 Å². The first-order valence-electron chi connectivity index (χ1n) is 11.3. The first-order chi connectivity index (χ1) is 16.5. The van der Waals surface area contributed by atoms with Gasteiger partial charge in [0.25, 0.3) is 5.95 Å². The summed E-state index contributed by atoms with van der Waals surface area (Å²) in [4.78, 5) is 9.38. The number of nitrogens with two attached hydrogens (primary N) is 1. The van der Waals surface area contributed by atoms with E-state index in [1.165, 1.54) is 0 Å². The van der Waals surface area contributed by atoms with E-state index in [2.05, 4.69) is 17.1 Å². The second-order valence-corrected chi connectivity index (χ2v) is 8.94. The van der Waals surface area contributed by atoms with Gasteiger partial charge in [0.15, 0.2) is 0 Å². The van der Waals surface area contributed by atoms with Crippen LogP contribution < -0.4 is 5.73 Å². The summed E-state index contributed by atoms with van der Waals surface area (Å²) in [6.07, 6.45) is 5.76. The minimum atomic E-state index is -0.207. The molecule has 2 aromatic heterocycles. The Morgan fingerprint density at radius 2 is 1.76 bits per heavy atom. The van der Waals surface area contributed by atoms with Crippen molar-refractivity contribution in [1.82, 2.24) is 9.55 Å². The third-order valence-electron chi connectivity index (χ3n) is 6.44. The van der Waals surface area contributed by atoms with E-state index >= 15 is 0 Å². The van der Waals surface area contributed by atoms with Crippen molar-refractivity contribution >= 4 is 22.4 Å². The fourth-order valence-electron chi connectivity index (χ4n) is 4.31. The summed E-state index contributed by atoms with van der Waals surface area (Å²) in [7, 11) is 1.95. The fourth-order valence-corrected chi connectivity index (χ4v) is 4.31. The largest absolute Gasteiger partial charge is 0.480 e. The van der Waals surface area contributed by atoms with Crippen molar-refractivity contribution in [2.24, 2.45) is 17.8 Å². The molecule has 6 rings (SSSR count). The van der Waals surface area contributed by atoms with Crippen LogP contribution in [0.25, 0.3) is 22.2 Å². The Balaban J connectivity index is 1.46. The lowest BCUT2D eigenvalue weighted by atomic mass is 9.97. The number of rotatable bonds is 5. The Morgan fingerprint density at radius 3 is 2.44 bits per heavy atom. The number of hydrogen-bond acceptors (Lipinski definition) is 5. The van der Waals surface area contributed by atoms with Crippen LogP contribution in [-0.2, 0) is 12.6 Å². The van der Waals surface area contributed by atoms with Gasteiger partial charge in [0.05, 0.1) is 29.0 Å². The summed E-state index contributed by atoms with van der Waals surface area (Å²) in [5.41, 5.74) is 12.7. The van der Waals surface area contributed by atoms with Gasteiger partial charge in [-0.3, -0.25) is 0 Å². The topological polar surface area (TPSA) is 89.6 Å². The number of aromatic nitrogens is 2. The lowest BCUT2D eigenvalue weighted by Crippen LogP contribution is -2.18. The highest BCUT2D eigenvalue weighted by Crippen LogP contribution is 2.43. The van der Waals surface area contributed by atoms with Gasteiger partial charge in [-0.25, -0.2) is 9.98 Å². The van der Waals surface area contributed by atoms with Crippen molar-refractivity contribution in [2.75, 3.05) is 0 Å². The van der Waals surface area contributed by atoms with Crippen LogP contribution in [0.2, 0.25) is 0 Å². The molecule has 2 heterocycles. The maximum absolute atomic E-state index is 10.8. The van der Waals surface area contributed by atoms with Crippen LogP contribution in [0, 0.1) is 0 Å². The van der Waals surface area contributed by atoms with Gasteiger partial charge in [-0.1, -0.05) is 54.6 Å². The first kappa shape index (κ1) is 20.4. The maximum Gasteiger partial charge on any atom is 0.292 e. The SMILES string of the molecule is Cn1cnc(-c2ccc(N=C(c3ccc(C4(N)CC4)cc3)c3c(O)oc4ccccc34)cc2)c1. The number of para-hydroxylation sites is 1. The molecule has 3 N–H and O–H groups in total. The highest BCUT2D eigenvalue weighted by molar-refractivity contribution is 6.21. The van der Waals surface area contributed by atoms with Gasteiger partial charge >= 0.3 is 0 Å². The number of hydrogen-bond donors (Lipinski definition) is 2. The van der Waals surface area contributed by atoms with E-state index in [4.69, 9.17) is 15.1 Å². The summed E-state index contributed by atoms with van der Waals surface area (Å²) in [5.74, 6) is -0.147. The van der Waals surface area contributed by atoms with E-state index in [1.54, 1.807) is 6.33 Å². The number of imidazole rings is 1. The molecule has 1 aliphatic carbocycles. The number of aromatic hydroxyl groups is 1. The van der Waals surface area contributed by atoms with Crippen molar-refractivity contribution in [1.29, 1.82) is 0 Å². The Bertz CT molecular complexity index is 1520. The Kier molecular flexibility index (Phi) is 4.64. The molecule has 0 saturated heterocycles. The van der Waals surface area contributed by atoms with E-state index in [0.29, 0.717) is 16.9 Å². The normalized spacial score (nSPS) is 15.1. The van der Waals surface area contributed by atoms with Crippen LogP contribution >= 0.6 is 0 Å². The lowest BCUT2D eigenvalue weighted by molar-refractivity contribution is 0.345. The number of nitrogens with zero attached hydrogens (tertiary/aromatic N) is 3. The minimum Gasteiger partial charge on any atom is -0.480 e. The molecular formula is C28H24N4O2. The zero-order valence-corrected chi connectivity index (χ0v) is 18.8. The van der Waals surface area contributed by atoms with Crippen molar-refractivity contribution < 1.29 is 9.52 Å². The molecule has 6 heteroatoms. The second-order valence-electron chi connectivity index (χ2n) is 8.94. The van der Waals surface area contributed by atoms with Crippen LogP contribution in [0.5, 0.6) is 5.95 Å². The highest BCUT2D eigenvalue weighted by Gasteiger charge is 2.39. The van der Waals surface area contributed by atoms with Gasteiger partial charge in [-0.15, -0.1) is 0 Å². The van der Waals surface area contributed by atoms with Gasteiger partial charge in [0, 0.05) is 35.3 Å².